The van der Waals surface area contributed by atoms with Crippen molar-refractivity contribution < 1.29 is 13.2 Å². The SMILES string of the molecule is CC(c1nc2c(c(NN)n1)COCC2)S(C)(=O)=O. The zero-order chi connectivity index (χ0) is 13.3. The molecule has 3 N–H and O–H groups in total. The molecule has 2 rings (SSSR count). The van der Waals surface area contributed by atoms with Crippen LogP contribution >= 0.6 is 0 Å². The molecule has 0 radical (unpaired) electrons. The van der Waals surface area contributed by atoms with Crippen molar-refractivity contribution in [2.45, 2.75) is 25.2 Å². The number of sulfone groups is 1. The Morgan fingerprint density at radius 1 is 1.44 bits per heavy atom. The second kappa shape index (κ2) is 4.79. The number of hydrogen-bond donors (Lipinski definition) is 2. The van der Waals surface area contributed by atoms with Gasteiger partial charge in [0.15, 0.2) is 9.84 Å². The van der Waals surface area contributed by atoms with Crippen LogP contribution in [-0.4, -0.2) is 31.2 Å². The molecule has 18 heavy (non-hydrogen) atoms. The monoisotopic (exact) mass is 272 g/mol. The van der Waals surface area contributed by atoms with Gasteiger partial charge in [-0.05, 0) is 6.92 Å². The van der Waals surface area contributed by atoms with Crippen LogP contribution in [0.5, 0.6) is 0 Å². The van der Waals surface area contributed by atoms with Gasteiger partial charge in [-0.25, -0.2) is 24.2 Å². The summed E-state index contributed by atoms with van der Waals surface area (Å²) >= 11 is 0. The molecule has 1 aliphatic rings. The Kier molecular flexibility index (Phi) is 3.51. The highest BCUT2D eigenvalue weighted by Crippen LogP contribution is 2.25. The lowest BCUT2D eigenvalue weighted by atomic mass is 10.1. The number of nitrogens with one attached hydrogen (secondary N) is 1. The molecule has 0 saturated heterocycles. The van der Waals surface area contributed by atoms with Gasteiger partial charge in [0.05, 0.1) is 18.9 Å². The van der Waals surface area contributed by atoms with Crippen molar-refractivity contribution in [1.29, 1.82) is 0 Å². The van der Waals surface area contributed by atoms with E-state index in [9.17, 15) is 8.42 Å². The molecule has 1 atom stereocenters. The zero-order valence-corrected chi connectivity index (χ0v) is 11.1. The van der Waals surface area contributed by atoms with Gasteiger partial charge in [-0.15, -0.1) is 0 Å². The van der Waals surface area contributed by atoms with Crippen LogP contribution in [-0.2, 0) is 27.6 Å². The first-order chi connectivity index (χ1) is 8.43. The Bertz CT molecular complexity index is 541. The maximum Gasteiger partial charge on any atom is 0.157 e. The van der Waals surface area contributed by atoms with Crippen LogP contribution in [0.15, 0.2) is 0 Å². The van der Waals surface area contributed by atoms with Crippen LogP contribution < -0.4 is 11.3 Å². The van der Waals surface area contributed by atoms with Gasteiger partial charge in [0.25, 0.3) is 0 Å². The number of aromatic nitrogens is 2. The lowest BCUT2D eigenvalue weighted by Crippen LogP contribution is -2.22. The molecule has 0 spiro atoms. The fourth-order valence-corrected chi connectivity index (χ4v) is 2.23. The average Bonchev–Trinajstić information content (AvgIpc) is 2.35. The van der Waals surface area contributed by atoms with E-state index in [2.05, 4.69) is 15.4 Å². The van der Waals surface area contributed by atoms with E-state index in [1.54, 1.807) is 6.92 Å². The van der Waals surface area contributed by atoms with Crippen LogP contribution in [0.3, 0.4) is 0 Å². The van der Waals surface area contributed by atoms with Gasteiger partial charge in [-0.1, -0.05) is 0 Å². The summed E-state index contributed by atoms with van der Waals surface area (Å²) < 4.78 is 28.4. The minimum atomic E-state index is -3.23. The van der Waals surface area contributed by atoms with Crippen molar-refractivity contribution >= 4 is 15.7 Å². The average molecular weight is 272 g/mol. The number of hydrogen-bond acceptors (Lipinski definition) is 7. The first-order valence-corrected chi connectivity index (χ1v) is 7.52. The van der Waals surface area contributed by atoms with Crippen LogP contribution in [0.1, 0.15) is 29.3 Å². The summed E-state index contributed by atoms with van der Waals surface area (Å²) in [6, 6.07) is 0. The summed E-state index contributed by atoms with van der Waals surface area (Å²) in [6.45, 7) is 2.53. The third-order valence-corrected chi connectivity index (χ3v) is 4.48. The number of nitrogen functional groups attached to an aromatic ring is 1. The standard InChI is InChI=1S/C10H16N4O3S/c1-6(18(2,15)16)9-12-8-3-4-17-5-7(8)10(13-9)14-11/h6H,3-5,11H2,1-2H3,(H,12,13,14). The minimum Gasteiger partial charge on any atom is -0.376 e. The predicted molar refractivity (Wildman–Crippen MR) is 66.5 cm³/mol. The molecule has 0 amide bonds. The normalized spacial score (nSPS) is 17.1. The number of fused-ring (bicyclic) bond motifs is 1. The minimum absolute atomic E-state index is 0.270. The van der Waals surface area contributed by atoms with E-state index < -0.39 is 15.1 Å². The van der Waals surface area contributed by atoms with Crippen LogP contribution in [0, 0.1) is 0 Å². The molecule has 0 fully saturated rings. The van der Waals surface area contributed by atoms with E-state index >= 15 is 0 Å². The van der Waals surface area contributed by atoms with Crippen molar-refractivity contribution in [1.82, 2.24) is 9.97 Å². The van der Waals surface area contributed by atoms with E-state index in [1.165, 1.54) is 6.26 Å². The molecule has 1 aliphatic heterocycles. The summed E-state index contributed by atoms with van der Waals surface area (Å²) in [6.07, 6.45) is 1.80. The maximum absolute atomic E-state index is 11.5. The molecule has 8 heteroatoms. The van der Waals surface area contributed by atoms with Gasteiger partial charge in [0, 0.05) is 18.2 Å². The lowest BCUT2D eigenvalue weighted by molar-refractivity contribution is 0.109. The van der Waals surface area contributed by atoms with Crippen molar-refractivity contribution in [3.8, 4) is 0 Å². The molecule has 1 unspecified atom stereocenters. The Morgan fingerprint density at radius 2 is 2.17 bits per heavy atom. The van der Waals surface area contributed by atoms with E-state index in [0.717, 1.165) is 11.3 Å². The number of nitrogens with zero attached hydrogens (tertiary/aromatic N) is 2. The van der Waals surface area contributed by atoms with E-state index in [1.807, 2.05) is 0 Å². The fourth-order valence-electron chi connectivity index (χ4n) is 1.74. The number of ether oxygens (including phenoxy) is 1. The van der Waals surface area contributed by atoms with Gasteiger partial charge in [0.2, 0.25) is 0 Å². The maximum atomic E-state index is 11.5. The zero-order valence-electron chi connectivity index (χ0n) is 10.3. The second-order valence-corrected chi connectivity index (χ2v) is 6.64. The van der Waals surface area contributed by atoms with Crippen LogP contribution in [0.4, 0.5) is 5.82 Å². The number of nitrogens with two attached hydrogens (primary N) is 1. The van der Waals surface area contributed by atoms with Gasteiger partial charge in [-0.3, -0.25) is 0 Å². The quantitative estimate of drug-likeness (QED) is 0.586. The topological polar surface area (TPSA) is 107 Å². The number of hydrazine groups is 1. The van der Waals surface area contributed by atoms with Crippen LogP contribution in [0.25, 0.3) is 0 Å². The third kappa shape index (κ3) is 2.45. The highest BCUT2D eigenvalue weighted by atomic mass is 32.2. The summed E-state index contributed by atoms with van der Waals surface area (Å²) in [4.78, 5) is 8.49. The van der Waals surface area contributed by atoms with Crippen LogP contribution in [0.2, 0.25) is 0 Å². The summed E-state index contributed by atoms with van der Waals surface area (Å²) in [5.74, 6) is 6.11. The first-order valence-electron chi connectivity index (χ1n) is 5.56. The number of rotatable bonds is 3. The molecule has 1 aromatic rings. The van der Waals surface area contributed by atoms with Crippen molar-refractivity contribution in [3.63, 3.8) is 0 Å². The van der Waals surface area contributed by atoms with Gasteiger partial charge < -0.3 is 10.2 Å². The van der Waals surface area contributed by atoms with Crippen molar-refractivity contribution in [3.05, 3.63) is 17.1 Å². The molecule has 1 aromatic heterocycles. The van der Waals surface area contributed by atoms with E-state index in [4.69, 9.17) is 10.6 Å². The molecular weight excluding hydrogens is 256 g/mol. The van der Waals surface area contributed by atoms with Gasteiger partial charge >= 0.3 is 0 Å². The molecule has 0 aliphatic carbocycles. The molecule has 0 aromatic carbocycles. The summed E-state index contributed by atoms with van der Waals surface area (Å²) in [5, 5.41) is -0.752. The molecule has 0 bridgehead atoms. The van der Waals surface area contributed by atoms with E-state index in [-0.39, 0.29) is 5.82 Å². The number of anilines is 1. The Morgan fingerprint density at radius 3 is 2.78 bits per heavy atom. The summed E-state index contributed by atoms with van der Waals surface area (Å²) in [7, 11) is -3.23. The molecule has 7 nitrogen and oxygen atoms in total. The fraction of sp³-hybridized carbons (Fsp3) is 0.600. The third-order valence-electron chi connectivity index (χ3n) is 2.98. The highest BCUT2D eigenvalue weighted by Gasteiger charge is 2.24. The second-order valence-electron chi connectivity index (χ2n) is 4.27. The lowest BCUT2D eigenvalue weighted by Gasteiger charge is -2.20. The van der Waals surface area contributed by atoms with Crippen molar-refractivity contribution in [2.75, 3.05) is 18.3 Å². The van der Waals surface area contributed by atoms with Gasteiger partial charge in [-0.2, -0.15) is 0 Å². The van der Waals surface area contributed by atoms with Gasteiger partial charge in [0.1, 0.15) is 16.9 Å². The van der Waals surface area contributed by atoms with Crippen molar-refractivity contribution in [2.24, 2.45) is 5.84 Å². The van der Waals surface area contributed by atoms with E-state index in [0.29, 0.717) is 25.5 Å². The largest absolute Gasteiger partial charge is 0.376 e. The molecule has 100 valence electrons. The predicted octanol–water partition coefficient (Wildman–Crippen LogP) is -0.0595. The molecule has 2 heterocycles. The first kappa shape index (κ1) is 13.2. The highest BCUT2D eigenvalue weighted by molar-refractivity contribution is 7.90. The molecule has 0 saturated carbocycles. The Balaban J connectivity index is 2.51. The summed E-state index contributed by atoms with van der Waals surface area (Å²) in [5.41, 5.74) is 4.08. The Hall–Kier alpha value is -1.25. The smallest absolute Gasteiger partial charge is 0.157 e. The Labute approximate surface area is 106 Å². The molecular formula is C10H16N4O3S.